The van der Waals surface area contributed by atoms with Crippen molar-refractivity contribution in [1.29, 1.82) is 0 Å². The maximum Gasteiger partial charge on any atom is 0.416 e. The quantitative estimate of drug-likeness (QED) is 0.770. The molecule has 0 radical (unpaired) electrons. The molecule has 0 aromatic carbocycles. The fraction of sp³-hybridized carbons (Fsp3) is 0. The molecule has 5 nitrogen and oxygen atoms in total. The van der Waals surface area contributed by atoms with Gasteiger partial charge in [-0.1, -0.05) is 0 Å². The topological polar surface area (TPSA) is 79.5 Å². The second-order valence-corrected chi connectivity index (χ2v) is 2.82. The minimum Gasteiger partial charge on any atom is -0.478 e. The maximum absolute atomic E-state index is 10.4. The highest BCUT2D eigenvalue weighted by Gasteiger charge is 2.12. The van der Waals surface area contributed by atoms with Gasteiger partial charge in [0.1, 0.15) is 0 Å². The summed E-state index contributed by atoms with van der Waals surface area (Å²) in [5.41, 5.74) is -0.0655. The van der Waals surface area contributed by atoms with Crippen molar-refractivity contribution in [3.63, 3.8) is 0 Å². The van der Waals surface area contributed by atoms with E-state index in [2.05, 4.69) is 15.9 Å². The van der Waals surface area contributed by atoms with Gasteiger partial charge in [-0.15, -0.1) is 0 Å². The van der Waals surface area contributed by atoms with Crippen molar-refractivity contribution in [2.24, 2.45) is 0 Å². The van der Waals surface area contributed by atoms with Crippen LogP contribution in [0.2, 0.25) is 0 Å². The van der Waals surface area contributed by atoms with Gasteiger partial charge in [0, 0.05) is 6.20 Å². The first-order valence-corrected chi connectivity index (χ1v) is 3.66. The van der Waals surface area contributed by atoms with Gasteiger partial charge in [0.05, 0.1) is 10.2 Å². The fourth-order valence-electron chi connectivity index (χ4n) is 0.699. The van der Waals surface area contributed by atoms with Gasteiger partial charge >= 0.3 is 12.1 Å². The molecule has 0 atom stereocenters. The first kappa shape index (κ1) is 8.79. The molecule has 64 valence electrons. The smallest absolute Gasteiger partial charge is 0.416 e. The van der Waals surface area contributed by atoms with Crippen LogP contribution in [0.15, 0.2) is 16.9 Å². The summed E-state index contributed by atoms with van der Waals surface area (Å²) in [7, 11) is 0. The van der Waals surface area contributed by atoms with Crippen LogP contribution >= 0.6 is 15.9 Å². The average Bonchev–Trinajstić information content (AvgIpc) is 2.30. The number of carbonyl (C=O) groups is 2. The Bertz CT molecular complexity index is 343. The summed E-state index contributed by atoms with van der Waals surface area (Å²) < 4.78 is 0.983. The summed E-state index contributed by atoms with van der Waals surface area (Å²) in [6.45, 7) is 0. The van der Waals surface area contributed by atoms with Crippen LogP contribution in [-0.4, -0.2) is 26.8 Å². The van der Waals surface area contributed by atoms with Crippen LogP contribution in [0.3, 0.4) is 0 Å². The number of hydrogen-bond acceptors (Lipinski definition) is 2. The Hall–Kier alpha value is -1.30. The number of halogens is 1. The highest BCUT2D eigenvalue weighted by molar-refractivity contribution is 9.10. The third kappa shape index (κ3) is 1.48. The molecule has 6 heteroatoms. The van der Waals surface area contributed by atoms with E-state index < -0.39 is 12.1 Å². The van der Waals surface area contributed by atoms with Crippen molar-refractivity contribution >= 4 is 28.0 Å². The van der Waals surface area contributed by atoms with E-state index in [1.54, 1.807) is 0 Å². The Morgan fingerprint density at radius 3 is 2.25 bits per heavy atom. The second-order valence-electron chi connectivity index (χ2n) is 2.01. The highest BCUT2D eigenvalue weighted by atomic mass is 79.9. The first-order chi connectivity index (χ1) is 5.52. The molecule has 1 aromatic heterocycles. The Labute approximate surface area is 75.4 Å². The maximum atomic E-state index is 10.4. The van der Waals surface area contributed by atoms with Gasteiger partial charge in [-0.05, 0) is 22.0 Å². The lowest BCUT2D eigenvalue weighted by Crippen LogP contribution is -2.06. The van der Waals surface area contributed by atoms with Crippen LogP contribution in [0.25, 0.3) is 0 Å². The molecule has 0 unspecified atom stereocenters. The van der Waals surface area contributed by atoms with Crippen LogP contribution in [-0.2, 0) is 0 Å². The predicted octanol–water partition coefficient (Wildman–Crippen LogP) is 1.47. The summed E-state index contributed by atoms with van der Waals surface area (Å²) >= 11 is 2.90. The third-order valence-corrected chi connectivity index (χ3v) is 1.84. The van der Waals surface area contributed by atoms with Crippen molar-refractivity contribution in [3.05, 3.63) is 22.4 Å². The minimum atomic E-state index is -1.23. The van der Waals surface area contributed by atoms with E-state index in [0.717, 1.165) is 10.8 Å². The number of aromatic carboxylic acids is 1. The molecule has 2 N–H and O–H groups in total. The zero-order valence-corrected chi connectivity index (χ0v) is 7.28. The van der Waals surface area contributed by atoms with Gasteiger partial charge < -0.3 is 10.2 Å². The Morgan fingerprint density at radius 2 is 2.00 bits per heavy atom. The SMILES string of the molecule is O=C(O)c1cc(Br)n(C(=O)O)c1. The van der Waals surface area contributed by atoms with Crippen LogP contribution in [0.4, 0.5) is 4.79 Å². The van der Waals surface area contributed by atoms with E-state index in [0.29, 0.717) is 0 Å². The van der Waals surface area contributed by atoms with E-state index >= 15 is 0 Å². The number of nitrogens with zero attached hydrogens (tertiary/aromatic N) is 1. The van der Waals surface area contributed by atoms with E-state index in [-0.39, 0.29) is 10.2 Å². The molecule has 0 aliphatic rings. The summed E-state index contributed by atoms with van der Waals surface area (Å²) in [5, 5.41) is 17.0. The largest absolute Gasteiger partial charge is 0.478 e. The molecule has 0 aliphatic heterocycles. The number of aromatic nitrogens is 1. The molecule has 0 spiro atoms. The van der Waals surface area contributed by atoms with Crippen molar-refractivity contribution in [2.45, 2.75) is 0 Å². The molecule has 0 amide bonds. The summed E-state index contributed by atoms with van der Waals surface area (Å²) in [6.07, 6.45) is -0.205. The zero-order valence-electron chi connectivity index (χ0n) is 5.69. The molecular weight excluding hydrogens is 230 g/mol. The monoisotopic (exact) mass is 233 g/mol. The average molecular weight is 234 g/mol. The van der Waals surface area contributed by atoms with Crippen molar-refractivity contribution in [3.8, 4) is 0 Å². The molecular formula is C6H4BrNO4. The Kier molecular flexibility index (Phi) is 2.18. The molecule has 0 fully saturated rings. The summed E-state index contributed by atoms with van der Waals surface area (Å²) in [5.74, 6) is -1.16. The standard InChI is InChI=1S/C6H4BrNO4/c7-4-1-3(5(9)10)2-8(4)6(11)12/h1-2H,(H,9,10)(H,11,12). The molecule has 0 aliphatic carbocycles. The van der Waals surface area contributed by atoms with Crippen LogP contribution in [0.5, 0.6) is 0 Å². The normalized spacial score (nSPS) is 9.75. The van der Waals surface area contributed by atoms with E-state index in [1.807, 2.05) is 0 Å². The van der Waals surface area contributed by atoms with Gasteiger partial charge in [0.2, 0.25) is 0 Å². The molecule has 0 saturated heterocycles. The van der Waals surface area contributed by atoms with Gasteiger partial charge in [0.25, 0.3) is 0 Å². The lowest BCUT2D eigenvalue weighted by molar-refractivity contribution is 0.0697. The van der Waals surface area contributed by atoms with E-state index in [1.165, 1.54) is 6.07 Å². The molecule has 1 aromatic rings. The Morgan fingerprint density at radius 1 is 1.42 bits per heavy atom. The predicted molar refractivity (Wildman–Crippen MR) is 42.5 cm³/mol. The number of hydrogen-bond donors (Lipinski definition) is 2. The van der Waals surface area contributed by atoms with Crippen LogP contribution < -0.4 is 0 Å². The number of rotatable bonds is 1. The molecule has 1 heterocycles. The molecule has 0 bridgehead atoms. The van der Waals surface area contributed by atoms with Crippen LogP contribution in [0.1, 0.15) is 10.4 Å². The zero-order chi connectivity index (χ0) is 9.30. The number of carboxylic acid groups (broad SMARTS) is 2. The molecule has 12 heavy (non-hydrogen) atoms. The first-order valence-electron chi connectivity index (χ1n) is 2.87. The second kappa shape index (κ2) is 2.98. The Balaban J connectivity index is 3.17. The van der Waals surface area contributed by atoms with Crippen molar-refractivity contribution in [2.75, 3.05) is 0 Å². The molecule has 1 rings (SSSR count). The van der Waals surface area contributed by atoms with Gasteiger partial charge in [-0.2, -0.15) is 0 Å². The summed E-state index contributed by atoms with van der Waals surface area (Å²) in [6, 6.07) is 1.22. The summed E-state index contributed by atoms with van der Waals surface area (Å²) in [4.78, 5) is 20.8. The fourth-order valence-corrected chi connectivity index (χ4v) is 1.20. The van der Waals surface area contributed by atoms with Gasteiger partial charge in [0.15, 0.2) is 0 Å². The van der Waals surface area contributed by atoms with Crippen molar-refractivity contribution in [1.82, 2.24) is 4.57 Å². The van der Waals surface area contributed by atoms with Gasteiger partial charge in [-0.3, -0.25) is 0 Å². The lowest BCUT2D eigenvalue weighted by Gasteiger charge is -1.92. The lowest BCUT2D eigenvalue weighted by atomic mass is 10.4. The van der Waals surface area contributed by atoms with Crippen LogP contribution in [0, 0.1) is 0 Å². The molecule has 0 saturated carbocycles. The van der Waals surface area contributed by atoms with Crippen molar-refractivity contribution < 1.29 is 19.8 Å². The van der Waals surface area contributed by atoms with Gasteiger partial charge in [-0.25, -0.2) is 14.2 Å². The van der Waals surface area contributed by atoms with E-state index in [4.69, 9.17) is 10.2 Å². The highest BCUT2D eigenvalue weighted by Crippen LogP contribution is 2.14. The number of carboxylic acids is 1. The van der Waals surface area contributed by atoms with E-state index in [9.17, 15) is 9.59 Å². The minimum absolute atomic E-state index is 0.0655. The third-order valence-electron chi connectivity index (χ3n) is 1.23.